The fraction of sp³-hybridized carbons (Fsp3) is 0.700. The van der Waals surface area contributed by atoms with Crippen LogP contribution in [0.4, 0.5) is 0 Å². The zero-order valence-electron chi connectivity index (χ0n) is 15.3. The van der Waals surface area contributed by atoms with E-state index >= 15 is 0 Å². The summed E-state index contributed by atoms with van der Waals surface area (Å²) in [5, 5.41) is 0. The normalized spacial score (nSPS) is 38.8. The van der Waals surface area contributed by atoms with Gasteiger partial charge in [-0.1, -0.05) is 0 Å². The van der Waals surface area contributed by atoms with Crippen LogP contribution in [0.1, 0.15) is 36.8 Å². The van der Waals surface area contributed by atoms with Crippen molar-refractivity contribution in [2.75, 3.05) is 34.4 Å². The molecule has 0 radical (unpaired) electrons. The molecule has 0 bridgehead atoms. The molecule has 4 aliphatic rings. The van der Waals surface area contributed by atoms with Crippen LogP contribution in [0.3, 0.4) is 0 Å². The average Bonchev–Trinajstić information content (AvgIpc) is 3.30. The summed E-state index contributed by atoms with van der Waals surface area (Å²) in [7, 11) is 5.27. The van der Waals surface area contributed by atoms with Crippen LogP contribution < -0.4 is 9.47 Å². The van der Waals surface area contributed by atoms with E-state index in [0.29, 0.717) is 6.10 Å². The number of hydrogen-bond donors (Lipinski definition) is 0. The third kappa shape index (κ3) is 1.89. The molecule has 3 heterocycles. The van der Waals surface area contributed by atoms with Crippen molar-refractivity contribution in [3.63, 3.8) is 0 Å². The van der Waals surface area contributed by atoms with Crippen molar-refractivity contribution in [3.05, 3.63) is 23.3 Å². The second kappa shape index (κ2) is 5.35. The molecule has 1 saturated carbocycles. The zero-order chi connectivity index (χ0) is 17.2. The number of methoxy groups -OCH3 is 3. The lowest BCUT2D eigenvalue weighted by Crippen LogP contribution is -2.56. The van der Waals surface area contributed by atoms with Crippen LogP contribution in [-0.4, -0.2) is 57.1 Å². The maximum absolute atomic E-state index is 6.37. The number of benzene rings is 1. The van der Waals surface area contributed by atoms with E-state index < -0.39 is 0 Å². The Morgan fingerprint density at radius 2 is 1.96 bits per heavy atom. The Morgan fingerprint density at radius 3 is 2.72 bits per heavy atom. The summed E-state index contributed by atoms with van der Waals surface area (Å²) in [5.74, 6) is 1.64. The van der Waals surface area contributed by atoms with Crippen LogP contribution in [0.2, 0.25) is 0 Å². The van der Waals surface area contributed by atoms with Crippen LogP contribution in [0, 0.1) is 0 Å². The van der Waals surface area contributed by atoms with Gasteiger partial charge < -0.3 is 18.9 Å². The summed E-state index contributed by atoms with van der Waals surface area (Å²) in [4.78, 5) is 2.68. The molecule has 1 aromatic rings. The Hall–Kier alpha value is -1.30. The molecule has 3 fully saturated rings. The number of hydrogen-bond acceptors (Lipinski definition) is 5. The first kappa shape index (κ1) is 15.9. The molecule has 2 saturated heterocycles. The summed E-state index contributed by atoms with van der Waals surface area (Å²) in [6.45, 7) is 2.17. The summed E-state index contributed by atoms with van der Waals surface area (Å²) >= 11 is 0. The lowest BCUT2D eigenvalue weighted by molar-refractivity contribution is -0.0722. The summed E-state index contributed by atoms with van der Waals surface area (Å²) in [6, 6.07) is 4.41. The van der Waals surface area contributed by atoms with Crippen molar-refractivity contribution in [1.29, 1.82) is 0 Å². The molecule has 4 atom stereocenters. The molecule has 0 aromatic heterocycles. The minimum Gasteiger partial charge on any atom is -0.493 e. The highest BCUT2D eigenvalue weighted by atomic mass is 16.6. The highest BCUT2D eigenvalue weighted by molar-refractivity contribution is 5.54. The van der Waals surface area contributed by atoms with Gasteiger partial charge in [0.2, 0.25) is 0 Å². The van der Waals surface area contributed by atoms with Crippen LogP contribution in [0.15, 0.2) is 12.1 Å². The molecule has 4 unspecified atom stereocenters. The van der Waals surface area contributed by atoms with Gasteiger partial charge in [-0.3, -0.25) is 4.90 Å². The van der Waals surface area contributed by atoms with Gasteiger partial charge in [-0.25, -0.2) is 0 Å². The molecule has 25 heavy (non-hydrogen) atoms. The first-order valence-corrected chi connectivity index (χ1v) is 9.39. The number of rotatable bonds is 3. The zero-order valence-corrected chi connectivity index (χ0v) is 15.3. The molecule has 2 spiro atoms. The van der Waals surface area contributed by atoms with Gasteiger partial charge in [0.1, 0.15) is 11.7 Å². The minimum absolute atomic E-state index is 0.0271. The van der Waals surface area contributed by atoms with Crippen molar-refractivity contribution < 1.29 is 18.9 Å². The maximum Gasteiger partial charge on any atom is 0.161 e. The minimum atomic E-state index is -0.0814. The highest BCUT2D eigenvalue weighted by Crippen LogP contribution is 2.67. The molecule has 5 nitrogen and oxygen atoms in total. The molecule has 5 rings (SSSR count). The van der Waals surface area contributed by atoms with Gasteiger partial charge in [0.05, 0.1) is 25.9 Å². The number of nitrogens with zero attached hydrogens (tertiary/aromatic N) is 1. The Bertz CT molecular complexity index is 707. The van der Waals surface area contributed by atoms with Gasteiger partial charge in [0, 0.05) is 13.7 Å². The Morgan fingerprint density at radius 1 is 1.16 bits per heavy atom. The van der Waals surface area contributed by atoms with E-state index in [1.54, 1.807) is 14.2 Å². The predicted octanol–water partition coefficient (Wildman–Crippen LogP) is 2.50. The average molecular weight is 345 g/mol. The first-order valence-electron chi connectivity index (χ1n) is 9.39. The Balaban J connectivity index is 1.72. The van der Waals surface area contributed by atoms with Gasteiger partial charge >= 0.3 is 0 Å². The van der Waals surface area contributed by atoms with Gasteiger partial charge in [-0.05, 0) is 61.9 Å². The number of epoxide rings is 1. The predicted molar refractivity (Wildman–Crippen MR) is 93.4 cm³/mol. The number of ether oxygens (including phenoxy) is 4. The Kier molecular flexibility index (Phi) is 3.41. The fourth-order valence-electron chi connectivity index (χ4n) is 5.89. The summed E-state index contributed by atoms with van der Waals surface area (Å²) in [5.41, 5.74) is 2.65. The van der Waals surface area contributed by atoms with Crippen LogP contribution in [0.5, 0.6) is 11.5 Å². The van der Waals surface area contributed by atoms with Gasteiger partial charge in [-0.15, -0.1) is 0 Å². The second-order valence-electron chi connectivity index (χ2n) is 7.87. The quantitative estimate of drug-likeness (QED) is 0.788. The highest BCUT2D eigenvalue weighted by Gasteiger charge is 2.78. The van der Waals surface area contributed by atoms with E-state index in [-0.39, 0.29) is 17.2 Å². The molecule has 1 aromatic carbocycles. The van der Waals surface area contributed by atoms with Crippen LogP contribution in [-0.2, 0) is 21.4 Å². The smallest absolute Gasteiger partial charge is 0.161 e. The second-order valence-corrected chi connectivity index (χ2v) is 7.87. The third-order valence-corrected chi connectivity index (χ3v) is 7.06. The van der Waals surface area contributed by atoms with Crippen molar-refractivity contribution >= 4 is 0 Å². The molecule has 0 amide bonds. The molecule has 0 N–H and O–H groups in total. The van der Waals surface area contributed by atoms with E-state index in [1.165, 1.54) is 17.5 Å². The third-order valence-electron chi connectivity index (χ3n) is 7.06. The van der Waals surface area contributed by atoms with Crippen molar-refractivity contribution in [2.45, 2.75) is 55.5 Å². The summed E-state index contributed by atoms with van der Waals surface area (Å²) < 4.78 is 23.4. The SMILES string of the molecule is COc1cc2c(cc1OC)C13CC(OC)CCC14OC4CN3CCC2. The van der Waals surface area contributed by atoms with Crippen LogP contribution in [0.25, 0.3) is 0 Å². The Labute approximate surface area is 149 Å². The molecule has 5 heteroatoms. The molecular weight excluding hydrogens is 318 g/mol. The molecular formula is C20H27NO4. The molecule has 136 valence electrons. The number of morpholine rings is 1. The van der Waals surface area contributed by atoms with Crippen molar-refractivity contribution in [2.24, 2.45) is 0 Å². The largest absolute Gasteiger partial charge is 0.493 e. The van der Waals surface area contributed by atoms with Gasteiger partial charge in [0.15, 0.2) is 11.5 Å². The van der Waals surface area contributed by atoms with Crippen molar-refractivity contribution in [1.82, 2.24) is 4.90 Å². The van der Waals surface area contributed by atoms with E-state index in [0.717, 1.165) is 50.3 Å². The molecule has 3 aliphatic heterocycles. The van der Waals surface area contributed by atoms with Gasteiger partial charge in [-0.2, -0.15) is 0 Å². The van der Waals surface area contributed by atoms with E-state index in [1.807, 2.05) is 7.11 Å². The fourth-order valence-corrected chi connectivity index (χ4v) is 5.89. The van der Waals surface area contributed by atoms with E-state index in [9.17, 15) is 0 Å². The van der Waals surface area contributed by atoms with Crippen LogP contribution >= 0.6 is 0 Å². The topological polar surface area (TPSA) is 43.5 Å². The van der Waals surface area contributed by atoms with Gasteiger partial charge in [0.25, 0.3) is 0 Å². The first-order chi connectivity index (χ1) is 12.2. The number of aryl methyl sites for hydroxylation is 1. The van der Waals surface area contributed by atoms with Crippen molar-refractivity contribution in [3.8, 4) is 11.5 Å². The standard InChI is InChI=1S/C20H27NO4/c1-22-14-6-7-20-18(25-20)12-21-8-4-5-13-9-16(23-2)17(24-3)10-15(13)19(20,21)11-14/h9-10,14,18H,4-8,11-12H2,1-3H3. The molecule has 1 aliphatic carbocycles. The monoisotopic (exact) mass is 345 g/mol. The summed E-state index contributed by atoms with van der Waals surface area (Å²) in [6.07, 6.45) is 6.09. The van der Waals surface area contributed by atoms with E-state index in [4.69, 9.17) is 18.9 Å². The maximum atomic E-state index is 6.37. The van der Waals surface area contributed by atoms with E-state index in [2.05, 4.69) is 17.0 Å². The lowest BCUT2D eigenvalue weighted by Gasteiger charge is -2.49. The lowest BCUT2D eigenvalue weighted by atomic mass is 9.66. The number of fused-ring (bicyclic) bond motifs is 1.